The maximum absolute atomic E-state index is 14.0. The number of oxazole rings is 1. The Bertz CT molecular complexity index is 1450. The van der Waals surface area contributed by atoms with Crippen molar-refractivity contribution in [2.45, 2.75) is 97.1 Å². The van der Waals surface area contributed by atoms with Gasteiger partial charge >= 0.3 is 5.97 Å². The van der Waals surface area contributed by atoms with Gasteiger partial charge in [0.1, 0.15) is 24.2 Å². The maximum Gasteiger partial charge on any atom is 0.330 e. The summed E-state index contributed by atoms with van der Waals surface area (Å²) in [5.74, 6) is -2.74. The Morgan fingerprint density at radius 3 is 2.52 bits per heavy atom. The van der Waals surface area contributed by atoms with E-state index in [1.807, 2.05) is 39.5 Å². The van der Waals surface area contributed by atoms with E-state index in [2.05, 4.69) is 10.3 Å². The van der Waals surface area contributed by atoms with Crippen LogP contribution in [-0.4, -0.2) is 114 Å². The Morgan fingerprint density at radius 1 is 1.15 bits per heavy atom. The summed E-state index contributed by atoms with van der Waals surface area (Å²) in [4.78, 5) is 60.4. The number of cyclic esters (lactones) is 1. The number of sulfone groups is 1. The Balaban J connectivity index is 1.97. The fourth-order valence-corrected chi connectivity index (χ4v) is 8.20. The van der Waals surface area contributed by atoms with Gasteiger partial charge in [0.15, 0.2) is 15.5 Å². The molecule has 48 heavy (non-hydrogen) atoms. The van der Waals surface area contributed by atoms with Crippen molar-refractivity contribution >= 4 is 33.4 Å². The first-order valence-corrected chi connectivity index (χ1v) is 18.6. The van der Waals surface area contributed by atoms with Gasteiger partial charge in [0.05, 0.1) is 23.5 Å². The Labute approximate surface area is 284 Å². The normalized spacial score (nSPS) is 27.7. The molecule has 13 nitrogen and oxygen atoms in total. The smallest absolute Gasteiger partial charge is 0.330 e. The van der Waals surface area contributed by atoms with Gasteiger partial charge < -0.3 is 29.4 Å². The summed E-state index contributed by atoms with van der Waals surface area (Å²) in [5, 5.41) is 12.0. The van der Waals surface area contributed by atoms with Crippen molar-refractivity contribution in [3.63, 3.8) is 0 Å². The average molecular weight is 693 g/mol. The van der Waals surface area contributed by atoms with Gasteiger partial charge in [-0.3, -0.25) is 14.4 Å². The largest absolute Gasteiger partial charge is 0.460 e. The van der Waals surface area contributed by atoms with Crippen molar-refractivity contribution in [1.82, 2.24) is 20.1 Å². The van der Waals surface area contributed by atoms with Gasteiger partial charge in [-0.15, -0.1) is 0 Å². The van der Waals surface area contributed by atoms with Gasteiger partial charge in [0.25, 0.3) is 5.91 Å². The number of carbonyl (C=O) groups is 4. The van der Waals surface area contributed by atoms with Crippen LogP contribution in [0.4, 0.5) is 0 Å². The molecule has 0 unspecified atom stereocenters. The molecule has 1 fully saturated rings. The number of ketones is 1. The molecule has 2 bridgehead atoms. The summed E-state index contributed by atoms with van der Waals surface area (Å²) in [6.07, 6.45) is 4.50. The number of nitrogens with zero attached hydrogens (tertiary/aromatic N) is 3. The second-order valence-electron chi connectivity index (χ2n) is 13.1. The Hall–Kier alpha value is -3.36. The van der Waals surface area contributed by atoms with Crippen LogP contribution < -0.4 is 5.32 Å². The lowest BCUT2D eigenvalue weighted by Crippen LogP contribution is -2.50. The highest BCUT2D eigenvalue weighted by atomic mass is 32.2. The Kier molecular flexibility index (Phi) is 14.5. The molecule has 2 amide bonds. The van der Waals surface area contributed by atoms with Crippen LogP contribution in [0.1, 0.15) is 83.6 Å². The van der Waals surface area contributed by atoms with Crippen LogP contribution in [0.3, 0.4) is 0 Å². The van der Waals surface area contributed by atoms with Crippen molar-refractivity contribution in [2.75, 3.05) is 38.5 Å². The van der Waals surface area contributed by atoms with Crippen molar-refractivity contribution in [2.24, 2.45) is 11.8 Å². The summed E-state index contributed by atoms with van der Waals surface area (Å²) in [6, 6.07) is -1.42. The summed E-state index contributed by atoms with van der Waals surface area (Å²) >= 11 is 0. The molecular weight excluding hydrogens is 640 g/mol. The molecule has 5 atom stereocenters. The predicted octanol–water partition coefficient (Wildman–Crippen LogP) is 2.49. The van der Waals surface area contributed by atoms with E-state index in [0.717, 1.165) is 6.26 Å². The van der Waals surface area contributed by atoms with Gasteiger partial charge in [-0.25, -0.2) is 18.2 Å². The molecular formula is C34H52N4O9S. The first-order valence-electron chi connectivity index (χ1n) is 16.9. The number of esters is 1. The van der Waals surface area contributed by atoms with E-state index in [-0.39, 0.29) is 86.2 Å². The maximum atomic E-state index is 14.0. The number of nitrogens with one attached hydrogen (secondary N) is 1. The van der Waals surface area contributed by atoms with Crippen LogP contribution in [0.2, 0.25) is 0 Å². The third-order valence-electron chi connectivity index (χ3n) is 9.00. The lowest BCUT2D eigenvalue weighted by atomic mass is 9.90. The van der Waals surface area contributed by atoms with Gasteiger partial charge in [0, 0.05) is 32.5 Å². The molecule has 14 heteroatoms. The molecule has 2 N–H and O–H groups in total. The second-order valence-corrected chi connectivity index (χ2v) is 15.4. The number of hydrogen-bond donors (Lipinski definition) is 2. The molecule has 3 rings (SSSR count). The Morgan fingerprint density at radius 2 is 1.85 bits per heavy atom. The van der Waals surface area contributed by atoms with E-state index in [4.69, 9.17) is 9.15 Å². The van der Waals surface area contributed by atoms with Crippen LogP contribution >= 0.6 is 0 Å². The van der Waals surface area contributed by atoms with Crippen molar-refractivity contribution < 1.29 is 41.9 Å². The van der Waals surface area contributed by atoms with Crippen LogP contribution in [-0.2, 0) is 35.4 Å². The number of rotatable bonds is 7. The molecule has 1 aromatic heterocycles. The number of aliphatic hydroxyl groups is 1. The van der Waals surface area contributed by atoms with E-state index >= 15 is 0 Å². The molecule has 2 aliphatic rings. The number of aliphatic hydroxyl groups excluding tert-OH is 1. The van der Waals surface area contributed by atoms with Crippen molar-refractivity contribution in [3.05, 3.63) is 41.6 Å². The zero-order chi connectivity index (χ0) is 35.6. The zero-order valence-electron chi connectivity index (χ0n) is 29.0. The molecule has 1 saturated heterocycles. The molecule has 2 aliphatic heterocycles. The first kappa shape index (κ1) is 39.1. The third kappa shape index (κ3) is 10.8. The quantitative estimate of drug-likeness (QED) is 0.402. The number of carbonyl (C=O) groups excluding carboxylic acids is 4. The van der Waals surface area contributed by atoms with E-state index in [1.54, 1.807) is 19.1 Å². The number of allylic oxidation sites excluding steroid dienone is 2. The molecule has 268 valence electrons. The van der Waals surface area contributed by atoms with Gasteiger partial charge in [0.2, 0.25) is 11.8 Å². The second kappa shape index (κ2) is 17.9. The monoisotopic (exact) mass is 692 g/mol. The molecule has 0 saturated carbocycles. The van der Waals surface area contributed by atoms with E-state index < -0.39 is 45.2 Å². The minimum Gasteiger partial charge on any atom is -0.460 e. The molecule has 3 heterocycles. The minimum absolute atomic E-state index is 0.0249. The number of hydrogen-bond acceptors (Lipinski definition) is 11. The van der Waals surface area contributed by atoms with Gasteiger partial charge in [-0.1, -0.05) is 58.4 Å². The van der Waals surface area contributed by atoms with Crippen molar-refractivity contribution in [1.29, 1.82) is 0 Å². The highest BCUT2D eigenvalue weighted by Crippen LogP contribution is 2.30. The number of Topliss-reactive ketones (excluding diaryl/α,β-unsaturated/α-hetero) is 1. The van der Waals surface area contributed by atoms with Crippen LogP contribution in [0, 0.1) is 11.8 Å². The average Bonchev–Trinajstić information content (AvgIpc) is 3.68. The minimum atomic E-state index is -3.86. The van der Waals surface area contributed by atoms with Crippen LogP contribution in [0.5, 0.6) is 0 Å². The molecule has 0 spiro atoms. The summed E-state index contributed by atoms with van der Waals surface area (Å²) < 4.78 is 39.0. The summed E-state index contributed by atoms with van der Waals surface area (Å²) in [7, 11) is -3.86. The fraction of sp³-hybridized carbons (Fsp3) is 0.676. The fourth-order valence-electron chi connectivity index (χ4n) is 6.27. The number of aromatic nitrogens is 1. The van der Waals surface area contributed by atoms with E-state index in [1.165, 1.54) is 11.0 Å². The standard InChI is InChI=1S/C34H52N4O9S/c1-7-37(8-2)16-17-48(44,45)28-13-15-38-31(28)34(43)47-32(22(3)4)24(6)11-12-29(41)35-14-9-10-23(5)18-25(39)19-26(40)20-30-36-27(21-46-30)33(38)42/h9-10,18,21-22,24-25,28,31-32,39H,7-8,11-17,19-20H2,1-6H3,(H,35,41)/b10-9+,23-18+/t24-,25-,28-,31-,32-/m1/s1. The summed E-state index contributed by atoms with van der Waals surface area (Å²) in [6.45, 7) is 13.1. The van der Waals surface area contributed by atoms with Crippen molar-refractivity contribution in [3.8, 4) is 0 Å². The number of fused-ring (bicyclic) bond motifs is 3. The summed E-state index contributed by atoms with van der Waals surface area (Å²) in [5.41, 5.74) is 0.534. The van der Waals surface area contributed by atoms with Crippen LogP contribution in [0.15, 0.2) is 34.5 Å². The van der Waals surface area contributed by atoms with E-state index in [9.17, 15) is 32.7 Å². The topological polar surface area (TPSA) is 176 Å². The lowest BCUT2D eigenvalue weighted by molar-refractivity contribution is -0.159. The third-order valence-corrected chi connectivity index (χ3v) is 11.2. The highest BCUT2D eigenvalue weighted by Gasteiger charge is 2.50. The first-order chi connectivity index (χ1) is 22.7. The van der Waals surface area contributed by atoms with E-state index in [0.29, 0.717) is 25.1 Å². The number of amides is 2. The zero-order valence-corrected chi connectivity index (χ0v) is 29.8. The molecule has 0 aliphatic carbocycles. The highest BCUT2D eigenvalue weighted by molar-refractivity contribution is 7.92. The SMILES string of the molecule is CCN(CC)CCS(=O)(=O)[C@@H]1CCN2C(=O)c3coc(n3)CC(=O)C[C@H](O)/C=C(C)/C=C/CNC(=O)CC[C@@H](C)[C@@H](C(C)C)OC(=O)[C@@H]12. The molecule has 1 aromatic rings. The molecule has 0 radical (unpaired) electrons. The number of ether oxygens (including phenoxy) is 1. The predicted molar refractivity (Wildman–Crippen MR) is 180 cm³/mol. The molecule has 0 aromatic carbocycles. The van der Waals surface area contributed by atoms with Crippen LogP contribution in [0.25, 0.3) is 0 Å². The lowest BCUT2D eigenvalue weighted by Gasteiger charge is -2.32. The van der Waals surface area contributed by atoms with Gasteiger partial charge in [-0.2, -0.15) is 0 Å². The van der Waals surface area contributed by atoms with Gasteiger partial charge in [-0.05, 0) is 44.7 Å².